The van der Waals surface area contributed by atoms with E-state index in [1.807, 2.05) is 0 Å². The Bertz CT molecular complexity index is 149. The lowest BCUT2D eigenvalue weighted by molar-refractivity contribution is 0.688. The van der Waals surface area contributed by atoms with E-state index in [0.717, 1.165) is 6.42 Å². The molecule has 0 aromatic rings. The summed E-state index contributed by atoms with van der Waals surface area (Å²) in [5, 5.41) is 3.85. The molecule has 0 amide bonds. The van der Waals surface area contributed by atoms with Gasteiger partial charge in [-0.15, -0.1) is 0 Å². The van der Waals surface area contributed by atoms with Crippen molar-refractivity contribution in [2.24, 2.45) is 21.7 Å². The summed E-state index contributed by atoms with van der Waals surface area (Å²) >= 11 is 0. The Hall–Kier alpha value is -1.06. The minimum absolute atomic E-state index is 0.338. The highest BCUT2D eigenvalue weighted by atomic mass is 15.3. The number of nitrogens with two attached hydrogens (primary N) is 1. The zero-order valence-electron chi connectivity index (χ0n) is 7.33. The van der Waals surface area contributed by atoms with E-state index in [2.05, 4.69) is 29.4 Å². The van der Waals surface area contributed by atoms with Gasteiger partial charge in [0.25, 0.3) is 0 Å². The minimum Gasteiger partial charge on any atom is -0.369 e. The molecule has 0 heterocycles. The first kappa shape index (κ1) is 9.94. The molecule has 0 unspecified atom stereocenters. The highest BCUT2D eigenvalue weighted by Gasteiger charge is 1.87. The minimum atomic E-state index is 0.338. The maximum absolute atomic E-state index is 5.31. The standard InChI is InChI=1S/C7H16N4/c1-6(2)4-5-10-11-7(8)9-3/h5-6H,4H2,1-3H3,(H3,8,9,11)/b10-5+. The molecule has 0 spiro atoms. The number of nitrogens with one attached hydrogen (secondary N) is 1. The van der Waals surface area contributed by atoms with Crippen molar-refractivity contribution < 1.29 is 0 Å². The molecule has 0 bridgehead atoms. The van der Waals surface area contributed by atoms with Crippen LogP contribution in [0.1, 0.15) is 20.3 Å². The van der Waals surface area contributed by atoms with Gasteiger partial charge in [0, 0.05) is 13.3 Å². The Morgan fingerprint density at radius 1 is 1.64 bits per heavy atom. The maximum atomic E-state index is 5.31. The Kier molecular flexibility index (Phi) is 5.15. The van der Waals surface area contributed by atoms with Gasteiger partial charge in [0.2, 0.25) is 5.96 Å². The van der Waals surface area contributed by atoms with Gasteiger partial charge >= 0.3 is 0 Å². The fraction of sp³-hybridized carbons (Fsp3) is 0.714. The Morgan fingerprint density at radius 2 is 2.27 bits per heavy atom. The van der Waals surface area contributed by atoms with E-state index >= 15 is 0 Å². The lowest BCUT2D eigenvalue weighted by Crippen LogP contribution is -2.26. The predicted octanol–water partition coefficient (Wildman–Crippen LogP) is 0.552. The first-order valence-electron chi connectivity index (χ1n) is 3.66. The molecule has 0 fully saturated rings. The van der Waals surface area contributed by atoms with Crippen LogP contribution in [0, 0.1) is 5.92 Å². The van der Waals surface area contributed by atoms with E-state index in [9.17, 15) is 0 Å². The molecule has 0 aromatic heterocycles. The van der Waals surface area contributed by atoms with E-state index in [1.54, 1.807) is 13.3 Å². The van der Waals surface area contributed by atoms with Crippen molar-refractivity contribution in [1.82, 2.24) is 5.43 Å². The summed E-state index contributed by atoms with van der Waals surface area (Å²) < 4.78 is 0. The topological polar surface area (TPSA) is 62.8 Å². The van der Waals surface area contributed by atoms with Crippen molar-refractivity contribution in [2.45, 2.75) is 20.3 Å². The van der Waals surface area contributed by atoms with Crippen LogP contribution in [-0.4, -0.2) is 19.2 Å². The fourth-order valence-corrected chi connectivity index (χ4v) is 0.425. The molecule has 0 aliphatic rings. The predicted molar refractivity (Wildman–Crippen MR) is 48.6 cm³/mol. The number of hydrogen-bond donors (Lipinski definition) is 2. The molecule has 0 saturated heterocycles. The summed E-state index contributed by atoms with van der Waals surface area (Å²) in [5.74, 6) is 0.963. The summed E-state index contributed by atoms with van der Waals surface area (Å²) in [7, 11) is 1.61. The third-order valence-corrected chi connectivity index (χ3v) is 1.09. The quantitative estimate of drug-likeness (QED) is 0.356. The van der Waals surface area contributed by atoms with Gasteiger partial charge in [-0.3, -0.25) is 4.99 Å². The van der Waals surface area contributed by atoms with Crippen LogP contribution < -0.4 is 11.2 Å². The van der Waals surface area contributed by atoms with Crippen molar-refractivity contribution in [3.05, 3.63) is 0 Å². The first-order chi connectivity index (χ1) is 5.16. The van der Waals surface area contributed by atoms with Gasteiger partial charge in [0.05, 0.1) is 0 Å². The molecule has 0 rings (SSSR count). The van der Waals surface area contributed by atoms with Gasteiger partial charge < -0.3 is 5.73 Å². The fourth-order valence-electron chi connectivity index (χ4n) is 0.425. The molecule has 4 nitrogen and oxygen atoms in total. The first-order valence-corrected chi connectivity index (χ1v) is 3.66. The summed E-state index contributed by atoms with van der Waals surface area (Å²) in [6.07, 6.45) is 2.74. The van der Waals surface area contributed by atoms with Crippen LogP contribution in [0.2, 0.25) is 0 Å². The second-order valence-electron chi connectivity index (χ2n) is 2.66. The van der Waals surface area contributed by atoms with Gasteiger partial charge in [-0.1, -0.05) is 13.8 Å². The van der Waals surface area contributed by atoms with Gasteiger partial charge in [-0.05, 0) is 12.3 Å². The second-order valence-corrected chi connectivity index (χ2v) is 2.66. The summed E-state index contributed by atoms with van der Waals surface area (Å²) in [4.78, 5) is 3.67. The lowest BCUT2D eigenvalue weighted by atomic mass is 10.2. The van der Waals surface area contributed by atoms with Crippen LogP contribution in [0.4, 0.5) is 0 Å². The largest absolute Gasteiger partial charge is 0.369 e. The van der Waals surface area contributed by atoms with E-state index in [4.69, 9.17) is 5.73 Å². The van der Waals surface area contributed by atoms with Crippen molar-refractivity contribution in [1.29, 1.82) is 0 Å². The number of hydrogen-bond acceptors (Lipinski definition) is 2. The summed E-state index contributed by atoms with van der Waals surface area (Å²) in [5.41, 5.74) is 7.90. The van der Waals surface area contributed by atoms with Crippen molar-refractivity contribution >= 4 is 12.2 Å². The van der Waals surface area contributed by atoms with E-state index in [0.29, 0.717) is 11.9 Å². The molecule has 0 aromatic carbocycles. The van der Waals surface area contributed by atoms with Crippen LogP contribution in [0.25, 0.3) is 0 Å². The number of hydrazone groups is 1. The number of aliphatic imine (C=N–C) groups is 1. The van der Waals surface area contributed by atoms with Crippen LogP contribution in [0.5, 0.6) is 0 Å². The van der Waals surface area contributed by atoms with Crippen LogP contribution in [0.15, 0.2) is 10.1 Å². The molecule has 0 aliphatic heterocycles. The smallest absolute Gasteiger partial charge is 0.209 e. The number of guanidine groups is 1. The maximum Gasteiger partial charge on any atom is 0.209 e. The molecule has 0 saturated carbocycles. The molecule has 4 heteroatoms. The van der Waals surface area contributed by atoms with Gasteiger partial charge in [0.1, 0.15) is 0 Å². The third-order valence-electron chi connectivity index (χ3n) is 1.09. The monoisotopic (exact) mass is 156 g/mol. The molecule has 0 aliphatic carbocycles. The molecule has 3 N–H and O–H groups in total. The molecule has 64 valence electrons. The van der Waals surface area contributed by atoms with Gasteiger partial charge in [-0.25, -0.2) is 5.43 Å². The zero-order valence-corrected chi connectivity index (χ0v) is 7.33. The second kappa shape index (κ2) is 5.70. The molecular weight excluding hydrogens is 140 g/mol. The van der Waals surface area contributed by atoms with Gasteiger partial charge in [-0.2, -0.15) is 5.10 Å². The highest BCUT2D eigenvalue weighted by molar-refractivity contribution is 5.78. The van der Waals surface area contributed by atoms with Gasteiger partial charge in [0.15, 0.2) is 0 Å². The highest BCUT2D eigenvalue weighted by Crippen LogP contribution is 1.93. The van der Waals surface area contributed by atoms with Crippen LogP contribution >= 0.6 is 0 Å². The Morgan fingerprint density at radius 3 is 2.73 bits per heavy atom. The Balaban J connectivity index is 3.45. The summed E-state index contributed by atoms with van der Waals surface area (Å²) in [6, 6.07) is 0. The molecule has 0 atom stereocenters. The van der Waals surface area contributed by atoms with Crippen molar-refractivity contribution in [2.75, 3.05) is 7.05 Å². The average molecular weight is 156 g/mol. The third kappa shape index (κ3) is 6.83. The molecule has 11 heavy (non-hydrogen) atoms. The van der Waals surface area contributed by atoms with Crippen LogP contribution in [-0.2, 0) is 0 Å². The molecule has 0 radical (unpaired) electrons. The summed E-state index contributed by atoms with van der Waals surface area (Å²) in [6.45, 7) is 4.26. The Labute approximate surface area is 67.6 Å². The number of nitrogens with zero attached hydrogens (tertiary/aromatic N) is 2. The van der Waals surface area contributed by atoms with Crippen molar-refractivity contribution in [3.8, 4) is 0 Å². The lowest BCUT2D eigenvalue weighted by Gasteiger charge is -1.97. The average Bonchev–Trinajstić information content (AvgIpc) is 1.97. The molecular formula is C7H16N4. The SMILES string of the molecule is CN=C(N)N/N=C/CC(C)C. The van der Waals surface area contributed by atoms with E-state index < -0.39 is 0 Å². The van der Waals surface area contributed by atoms with Crippen LogP contribution in [0.3, 0.4) is 0 Å². The van der Waals surface area contributed by atoms with Crippen molar-refractivity contribution in [3.63, 3.8) is 0 Å². The zero-order chi connectivity index (χ0) is 8.69. The normalized spacial score (nSPS) is 12.9. The number of rotatable bonds is 3. The van der Waals surface area contributed by atoms with E-state index in [1.165, 1.54) is 0 Å². The van der Waals surface area contributed by atoms with E-state index in [-0.39, 0.29) is 0 Å².